The van der Waals surface area contributed by atoms with Crippen molar-refractivity contribution < 1.29 is 13.2 Å². The van der Waals surface area contributed by atoms with Gasteiger partial charge in [0.05, 0.1) is 6.54 Å². The minimum Gasteiger partial charge on any atom is -0.309 e. The molecule has 1 atom stereocenters. The van der Waals surface area contributed by atoms with Gasteiger partial charge in [0, 0.05) is 17.5 Å². The lowest BCUT2D eigenvalue weighted by Crippen LogP contribution is -2.36. The van der Waals surface area contributed by atoms with Gasteiger partial charge >= 0.3 is 6.18 Å². The van der Waals surface area contributed by atoms with E-state index in [4.69, 9.17) is 12.2 Å². The van der Waals surface area contributed by atoms with Crippen LogP contribution < -0.4 is 5.32 Å². The van der Waals surface area contributed by atoms with Crippen LogP contribution in [0, 0.1) is 0 Å². The van der Waals surface area contributed by atoms with Gasteiger partial charge in [-0.05, 0) is 26.4 Å². The van der Waals surface area contributed by atoms with Gasteiger partial charge in [0.25, 0.3) is 0 Å². The van der Waals surface area contributed by atoms with E-state index in [1.54, 1.807) is 0 Å². The Morgan fingerprint density at radius 1 is 1.53 bits per heavy atom. The molecule has 0 aliphatic carbocycles. The molecule has 1 fully saturated rings. The topological polar surface area (TPSA) is 15.3 Å². The highest BCUT2D eigenvalue weighted by Gasteiger charge is 2.29. The molecule has 6 heteroatoms. The van der Waals surface area contributed by atoms with Crippen molar-refractivity contribution >= 4 is 17.1 Å². The van der Waals surface area contributed by atoms with Gasteiger partial charge < -0.3 is 5.32 Å². The van der Waals surface area contributed by atoms with Crippen molar-refractivity contribution in [2.75, 3.05) is 26.7 Å². The van der Waals surface area contributed by atoms with Crippen molar-refractivity contribution in [3.8, 4) is 0 Å². The lowest BCUT2D eigenvalue weighted by Gasteiger charge is -2.20. The molecule has 2 nitrogen and oxygen atoms in total. The summed E-state index contributed by atoms with van der Waals surface area (Å²) >= 11 is 5.10. The van der Waals surface area contributed by atoms with Crippen molar-refractivity contribution in [2.24, 2.45) is 0 Å². The number of nitrogens with one attached hydrogen (secondary N) is 1. The third-order valence-electron chi connectivity index (χ3n) is 2.40. The molecule has 88 valence electrons. The van der Waals surface area contributed by atoms with E-state index in [-0.39, 0.29) is 6.04 Å². The summed E-state index contributed by atoms with van der Waals surface area (Å²) in [6.45, 7) is 0.413. The van der Waals surface area contributed by atoms with E-state index in [2.05, 4.69) is 5.32 Å². The van der Waals surface area contributed by atoms with E-state index in [0.29, 0.717) is 13.0 Å². The molecule has 0 aromatic rings. The fourth-order valence-corrected chi connectivity index (χ4v) is 1.96. The summed E-state index contributed by atoms with van der Waals surface area (Å²) in [4.78, 5) is 2.22. The number of hydrogen-bond acceptors (Lipinski definition) is 3. The van der Waals surface area contributed by atoms with Crippen molar-refractivity contribution in [1.82, 2.24) is 10.2 Å². The Morgan fingerprint density at radius 3 is 2.67 bits per heavy atom. The summed E-state index contributed by atoms with van der Waals surface area (Å²) in [5, 5.41) is 3.18. The molecular weight excluding hydrogens is 225 g/mol. The Hall–Kier alpha value is -0.200. The van der Waals surface area contributed by atoms with Crippen LogP contribution in [0.4, 0.5) is 13.2 Å². The fraction of sp³-hybridized carbons (Fsp3) is 0.889. The van der Waals surface area contributed by atoms with Gasteiger partial charge in [0.2, 0.25) is 0 Å². The van der Waals surface area contributed by atoms with Crippen LogP contribution in [-0.4, -0.2) is 48.7 Å². The van der Waals surface area contributed by atoms with E-state index in [9.17, 15) is 13.2 Å². The summed E-state index contributed by atoms with van der Waals surface area (Å²) in [5.41, 5.74) is 0. The Kier molecular flexibility index (Phi) is 4.48. The van der Waals surface area contributed by atoms with E-state index >= 15 is 0 Å². The van der Waals surface area contributed by atoms with Gasteiger partial charge in [-0.2, -0.15) is 13.2 Å². The smallest absolute Gasteiger partial charge is 0.309 e. The number of hydrogen-bond donors (Lipinski definition) is 1. The average Bonchev–Trinajstić information content (AvgIpc) is 2.44. The second-order valence-electron chi connectivity index (χ2n) is 3.86. The molecule has 0 aromatic heterocycles. The molecule has 1 heterocycles. The standard InChI is InChI=1S/C9H15F3N2S/c1-14(6-9(10,11)12)5-3-7-8(15)2-4-13-7/h7,13H,2-6H2,1H3. The summed E-state index contributed by atoms with van der Waals surface area (Å²) < 4.78 is 36.0. The zero-order valence-corrected chi connectivity index (χ0v) is 9.42. The van der Waals surface area contributed by atoms with Crippen molar-refractivity contribution in [3.63, 3.8) is 0 Å². The maximum absolute atomic E-state index is 12.0. The molecule has 1 saturated heterocycles. The summed E-state index contributed by atoms with van der Waals surface area (Å²) in [7, 11) is 1.48. The van der Waals surface area contributed by atoms with Crippen LogP contribution >= 0.6 is 12.2 Å². The summed E-state index contributed by atoms with van der Waals surface area (Å²) in [6.07, 6.45) is -2.59. The molecule has 1 unspecified atom stereocenters. The highest BCUT2D eigenvalue weighted by Crippen LogP contribution is 2.16. The maximum Gasteiger partial charge on any atom is 0.401 e. The molecule has 0 radical (unpaired) electrons. The van der Waals surface area contributed by atoms with Crippen LogP contribution in [-0.2, 0) is 0 Å². The first kappa shape index (κ1) is 12.9. The first-order valence-corrected chi connectivity index (χ1v) is 5.31. The normalized spacial score (nSPS) is 22.7. The number of nitrogens with zero attached hydrogens (tertiary/aromatic N) is 1. The van der Waals surface area contributed by atoms with Crippen LogP contribution in [0.3, 0.4) is 0 Å². The van der Waals surface area contributed by atoms with E-state index in [1.807, 2.05) is 0 Å². The lowest BCUT2D eigenvalue weighted by molar-refractivity contribution is -0.143. The largest absolute Gasteiger partial charge is 0.401 e. The number of thiocarbonyl (C=S) groups is 1. The first-order valence-electron chi connectivity index (χ1n) is 4.90. The third kappa shape index (κ3) is 4.90. The van der Waals surface area contributed by atoms with Crippen LogP contribution in [0.5, 0.6) is 0 Å². The molecule has 1 rings (SSSR count). The molecule has 1 N–H and O–H groups in total. The second kappa shape index (κ2) is 5.23. The quantitative estimate of drug-likeness (QED) is 0.751. The first-order chi connectivity index (χ1) is 6.88. The molecule has 0 saturated carbocycles. The number of halogens is 3. The van der Waals surface area contributed by atoms with E-state index < -0.39 is 12.7 Å². The van der Waals surface area contributed by atoms with E-state index in [1.165, 1.54) is 11.9 Å². The molecule has 1 aliphatic rings. The van der Waals surface area contributed by atoms with Gasteiger partial charge in [-0.25, -0.2) is 0 Å². The van der Waals surface area contributed by atoms with Gasteiger partial charge in [0.1, 0.15) is 0 Å². The fourth-order valence-electron chi connectivity index (χ4n) is 1.66. The zero-order valence-electron chi connectivity index (χ0n) is 8.60. The van der Waals surface area contributed by atoms with Crippen LogP contribution in [0.15, 0.2) is 0 Å². The SMILES string of the molecule is CN(CCC1NCCC1=S)CC(F)(F)F. The minimum absolute atomic E-state index is 0.121. The predicted octanol–water partition coefficient (Wildman–Crippen LogP) is 1.60. The highest BCUT2D eigenvalue weighted by molar-refractivity contribution is 7.80. The van der Waals surface area contributed by atoms with E-state index in [0.717, 1.165) is 17.8 Å². The van der Waals surface area contributed by atoms with Crippen LogP contribution in [0.2, 0.25) is 0 Å². The molecule has 0 bridgehead atoms. The lowest BCUT2D eigenvalue weighted by atomic mass is 10.1. The Labute approximate surface area is 92.8 Å². The Balaban J connectivity index is 2.22. The second-order valence-corrected chi connectivity index (χ2v) is 4.39. The maximum atomic E-state index is 12.0. The highest BCUT2D eigenvalue weighted by atomic mass is 32.1. The van der Waals surface area contributed by atoms with Gasteiger partial charge in [-0.15, -0.1) is 0 Å². The van der Waals surface area contributed by atoms with Crippen molar-refractivity contribution in [2.45, 2.75) is 25.1 Å². The monoisotopic (exact) mass is 240 g/mol. The molecule has 0 amide bonds. The predicted molar refractivity (Wildman–Crippen MR) is 57.2 cm³/mol. The summed E-state index contributed by atoms with van der Waals surface area (Å²) in [5.74, 6) is 0. The van der Waals surface area contributed by atoms with Gasteiger partial charge in [-0.3, -0.25) is 4.90 Å². The molecule has 0 spiro atoms. The number of alkyl halides is 3. The summed E-state index contributed by atoms with van der Waals surface area (Å²) in [6, 6.07) is 0.121. The minimum atomic E-state index is -4.11. The number of rotatable bonds is 4. The zero-order chi connectivity index (χ0) is 11.5. The Bertz CT molecular complexity index is 230. The van der Waals surface area contributed by atoms with Crippen molar-refractivity contribution in [1.29, 1.82) is 0 Å². The van der Waals surface area contributed by atoms with Crippen molar-refractivity contribution in [3.05, 3.63) is 0 Å². The van der Waals surface area contributed by atoms with Gasteiger partial charge in [-0.1, -0.05) is 12.2 Å². The van der Waals surface area contributed by atoms with Crippen LogP contribution in [0.25, 0.3) is 0 Å². The molecule has 0 aromatic carbocycles. The van der Waals surface area contributed by atoms with Crippen LogP contribution in [0.1, 0.15) is 12.8 Å². The average molecular weight is 240 g/mol. The molecular formula is C9H15F3N2S. The third-order valence-corrected chi connectivity index (χ3v) is 2.89. The molecule has 1 aliphatic heterocycles. The van der Waals surface area contributed by atoms with Gasteiger partial charge in [0.15, 0.2) is 0 Å². The molecule has 15 heavy (non-hydrogen) atoms. The Morgan fingerprint density at radius 2 is 2.20 bits per heavy atom.